The first-order valence-electron chi connectivity index (χ1n) is 4.85. The van der Waals surface area contributed by atoms with E-state index in [4.69, 9.17) is 0 Å². The second kappa shape index (κ2) is 3.65. The molecule has 2 rings (SSSR count). The van der Waals surface area contributed by atoms with Gasteiger partial charge in [0, 0.05) is 12.5 Å². The number of hydrogen-bond acceptors (Lipinski definition) is 1. The maximum absolute atomic E-state index is 13.5. The largest absolute Gasteiger partial charge is 0.316 e. The molecule has 1 fully saturated rings. The summed E-state index contributed by atoms with van der Waals surface area (Å²) in [7, 11) is 0. The van der Waals surface area contributed by atoms with Crippen LogP contribution < -0.4 is 5.32 Å². The quantitative estimate of drug-likeness (QED) is 0.728. The van der Waals surface area contributed by atoms with Crippen LogP contribution in [-0.2, 0) is 0 Å². The fourth-order valence-electron chi connectivity index (χ4n) is 1.90. The van der Waals surface area contributed by atoms with Crippen molar-refractivity contribution in [3.8, 4) is 0 Å². The van der Waals surface area contributed by atoms with Crippen molar-refractivity contribution in [3.05, 3.63) is 34.9 Å². The van der Waals surface area contributed by atoms with Crippen LogP contribution in [-0.4, -0.2) is 13.1 Å². The molecule has 0 amide bonds. The Morgan fingerprint density at radius 1 is 1.29 bits per heavy atom. The molecule has 0 radical (unpaired) electrons. The minimum atomic E-state index is -0.700. The highest BCUT2D eigenvalue weighted by molar-refractivity contribution is 5.29. The van der Waals surface area contributed by atoms with E-state index in [1.807, 2.05) is 0 Å². The molecule has 0 saturated carbocycles. The Labute approximate surface area is 82.1 Å². The second-order valence-corrected chi connectivity index (χ2v) is 3.79. The van der Waals surface area contributed by atoms with E-state index in [-0.39, 0.29) is 5.92 Å². The summed E-state index contributed by atoms with van der Waals surface area (Å²) in [5.41, 5.74) is 0.885. The van der Waals surface area contributed by atoms with Gasteiger partial charge in [-0.15, -0.1) is 0 Å². The first-order valence-corrected chi connectivity index (χ1v) is 4.85. The van der Waals surface area contributed by atoms with E-state index in [1.54, 1.807) is 19.1 Å². The molecule has 1 saturated heterocycles. The number of benzene rings is 1. The molecule has 1 aliphatic rings. The van der Waals surface area contributed by atoms with Crippen LogP contribution in [0.25, 0.3) is 0 Å². The average Bonchev–Trinajstić information content (AvgIpc) is 2.67. The number of hydrogen-bond donors (Lipinski definition) is 1. The Morgan fingerprint density at radius 2 is 2.07 bits per heavy atom. The molecule has 0 spiro atoms. The highest BCUT2D eigenvalue weighted by Gasteiger charge is 2.22. The molecule has 1 heterocycles. The van der Waals surface area contributed by atoms with Crippen molar-refractivity contribution in [2.75, 3.05) is 13.1 Å². The number of nitrogens with one attached hydrogen (secondary N) is 1. The molecule has 1 aromatic rings. The lowest BCUT2D eigenvalue weighted by molar-refractivity contribution is 0.485. The summed E-state index contributed by atoms with van der Waals surface area (Å²) >= 11 is 0. The van der Waals surface area contributed by atoms with Crippen LogP contribution >= 0.6 is 0 Å². The van der Waals surface area contributed by atoms with Gasteiger partial charge in [0.15, 0.2) is 11.6 Å². The molecule has 1 aromatic carbocycles. The van der Waals surface area contributed by atoms with Crippen molar-refractivity contribution < 1.29 is 8.78 Å². The van der Waals surface area contributed by atoms with Crippen molar-refractivity contribution in [1.82, 2.24) is 5.32 Å². The third-order valence-electron chi connectivity index (χ3n) is 2.81. The predicted molar refractivity (Wildman–Crippen MR) is 51.3 cm³/mol. The van der Waals surface area contributed by atoms with Gasteiger partial charge < -0.3 is 5.32 Å². The summed E-state index contributed by atoms with van der Waals surface area (Å²) in [6.07, 6.45) is 0.888. The van der Waals surface area contributed by atoms with E-state index in [2.05, 4.69) is 5.32 Å². The zero-order valence-corrected chi connectivity index (χ0v) is 8.11. The van der Waals surface area contributed by atoms with Crippen LogP contribution in [0.2, 0.25) is 0 Å². The van der Waals surface area contributed by atoms with Crippen molar-refractivity contribution in [1.29, 1.82) is 0 Å². The van der Waals surface area contributed by atoms with Gasteiger partial charge in [-0.3, -0.25) is 0 Å². The third-order valence-corrected chi connectivity index (χ3v) is 2.81. The standard InChI is InChI=1S/C11H13F2N/c1-7-2-3-9(11(13)10(7)12)8-4-5-14-6-8/h2-3,8,14H,4-6H2,1H3. The molecular formula is C11H13F2N. The first-order chi connectivity index (χ1) is 6.70. The van der Waals surface area contributed by atoms with Crippen LogP contribution in [0.3, 0.4) is 0 Å². The van der Waals surface area contributed by atoms with Gasteiger partial charge >= 0.3 is 0 Å². The van der Waals surface area contributed by atoms with E-state index >= 15 is 0 Å². The number of halogens is 2. The Balaban J connectivity index is 2.38. The normalized spacial score (nSPS) is 21.5. The van der Waals surface area contributed by atoms with E-state index in [1.165, 1.54) is 0 Å². The van der Waals surface area contributed by atoms with Gasteiger partial charge in [0.2, 0.25) is 0 Å². The van der Waals surface area contributed by atoms with Gasteiger partial charge in [-0.1, -0.05) is 12.1 Å². The molecule has 1 aliphatic heterocycles. The highest BCUT2D eigenvalue weighted by atomic mass is 19.2. The Morgan fingerprint density at radius 3 is 2.71 bits per heavy atom. The highest BCUT2D eigenvalue weighted by Crippen LogP contribution is 2.27. The Hall–Kier alpha value is -0.960. The van der Waals surface area contributed by atoms with Crippen molar-refractivity contribution in [2.24, 2.45) is 0 Å². The molecule has 1 N–H and O–H groups in total. The molecule has 0 aliphatic carbocycles. The van der Waals surface area contributed by atoms with Gasteiger partial charge in [-0.05, 0) is 31.0 Å². The summed E-state index contributed by atoms with van der Waals surface area (Å²) in [4.78, 5) is 0. The zero-order chi connectivity index (χ0) is 10.1. The van der Waals surface area contributed by atoms with Gasteiger partial charge in [0.25, 0.3) is 0 Å². The lowest BCUT2D eigenvalue weighted by Crippen LogP contribution is -2.09. The molecule has 76 valence electrons. The lowest BCUT2D eigenvalue weighted by Gasteiger charge is -2.11. The lowest BCUT2D eigenvalue weighted by atomic mass is 9.96. The van der Waals surface area contributed by atoms with E-state index < -0.39 is 11.6 Å². The second-order valence-electron chi connectivity index (χ2n) is 3.79. The summed E-state index contributed by atoms with van der Waals surface area (Å²) in [6, 6.07) is 3.34. The van der Waals surface area contributed by atoms with Gasteiger partial charge in [-0.25, -0.2) is 8.78 Å². The maximum Gasteiger partial charge on any atom is 0.162 e. The molecule has 1 atom stereocenters. The van der Waals surface area contributed by atoms with E-state index in [9.17, 15) is 8.78 Å². The van der Waals surface area contributed by atoms with E-state index in [0.29, 0.717) is 11.1 Å². The van der Waals surface area contributed by atoms with Crippen molar-refractivity contribution in [3.63, 3.8) is 0 Å². The smallest absolute Gasteiger partial charge is 0.162 e. The Bertz CT molecular complexity index is 343. The topological polar surface area (TPSA) is 12.0 Å². The summed E-state index contributed by atoms with van der Waals surface area (Å²) in [5, 5.41) is 3.14. The Kier molecular flexibility index (Phi) is 2.50. The van der Waals surface area contributed by atoms with Crippen LogP contribution in [0.1, 0.15) is 23.5 Å². The first kappa shape index (κ1) is 9.59. The fourth-order valence-corrected chi connectivity index (χ4v) is 1.90. The average molecular weight is 197 g/mol. The molecule has 1 unspecified atom stereocenters. The van der Waals surface area contributed by atoms with E-state index in [0.717, 1.165) is 19.5 Å². The van der Waals surface area contributed by atoms with Gasteiger partial charge in [0.05, 0.1) is 0 Å². The van der Waals surface area contributed by atoms with Gasteiger partial charge in [0.1, 0.15) is 0 Å². The van der Waals surface area contributed by atoms with Crippen LogP contribution in [0.4, 0.5) is 8.78 Å². The minimum Gasteiger partial charge on any atom is -0.316 e. The third kappa shape index (κ3) is 1.52. The van der Waals surface area contributed by atoms with Crippen molar-refractivity contribution >= 4 is 0 Å². The number of aryl methyl sites for hydroxylation is 1. The maximum atomic E-state index is 13.5. The predicted octanol–water partition coefficient (Wildman–Crippen LogP) is 2.35. The number of rotatable bonds is 1. The van der Waals surface area contributed by atoms with Crippen LogP contribution in [0.5, 0.6) is 0 Å². The molecule has 14 heavy (non-hydrogen) atoms. The van der Waals surface area contributed by atoms with Gasteiger partial charge in [-0.2, -0.15) is 0 Å². The summed E-state index contributed by atoms with van der Waals surface area (Å²) in [6.45, 7) is 3.22. The SMILES string of the molecule is Cc1ccc(C2CCNC2)c(F)c1F. The molecule has 3 heteroatoms. The fraction of sp³-hybridized carbons (Fsp3) is 0.455. The molecule has 0 aromatic heterocycles. The zero-order valence-electron chi connectivity index (χ0n) is 8.11. The van der Waals surface area contributed by atoms with Crippen molar-refractivity contribution in [2.45, 2.75) is 19.3 Å². The molecule has 0 bridgehead atoms. The molecule has 1 nitrogen and oxygen atoms in total. The van der Waals surface area contributed by atoms with Crippen LogP contribution in [0, 0.1) is 18.6 Å². The molecular weight excluding hydrogens is 184 g/mol. The minimum absolute atomic E-state index is 0.130. The van der Waals surface area contributed by atoms with Crippen LogP contribution in [0.15, 0.2) is 12.1 Å². The monoisotopic (exact) mass is 197 g/mol. The summed E-state index contributed by atoms with van der Waals surface area (Å²) < 4.78 is 26.8. The summed E-state index contributed by atoms with van der Waals surface area (Å²) in [5.74, 6) is -1.24.